The average molecular weight is 424 g/mol. The van der Waals surface area contributed by atoms with Crippen molar-refractivity contribution in [2.75, 3.05) is 12.4 Å². The fourth-order valence-electron chi connectivity index (χ4n) is 2.49. The van der Waals surface area contributed by atoms with Gasteiger partial charge in [0.1, 0.15) is 11.8 Å². The Morgan fingerprint density at radius 2 is 1.93 bits per heavy atom. The molecule has 0 radical (unpaired) electrons. The number of nitrogens with zero attached hydrogens (tertiary/aromatic N) is 1. The van der Waals surface area contributed by atoms with Crippen molar-refractivity contribution < 1.29 is 33.0 Å². The van der Waals surface area contributed by atoms with E-state index in [2.05, 4.69) is 15.0 Å². The van der Waals surface area contributed by atoms with E-state index < -0.39 is 23.7 Å². The lowest BCUT2D eigenvalue weighted by Crippen LogP contribution is -2.27. The van der Waals surface area contributed by atoms with Crippen LogP contribution in [0.3, 0.4) is 0 Å². The summed E-state index contributed by atoms with van der Waals surface area (Å²) < 4.78 is 34.8. The largest absolute Gasteiger partial charge is 0.494 e. The summed E-state index contributed by atoms with van der Waals surface area (Å²) in [5, 5.41) is 11.4. The first kappa shape index (κ1) is 25.0. The summed E-state index contributed by atoms with van der Waals surface area (Å²) in [7, 11) is 1.29. The maximum absolute atomic E-state index is 12.5. The molecule has 2 atom stereocenters. The van der Waals surface area contributed by atoms with Gasteiger partial charge in [0, 0.05) is 11.9 Å². The first-order valence-corrected chi connectivity index (χ1v) is 9.45. The first-order chi connectivity index (χ1) is 14.3. The third kappa shape index (κ3) is 7.40. The van der Waals surface area contributed by atoms with Crippen LogP contribution in [0.15, 0.2) is 36.5 Å². The molecule has 1 aliphatic heterocycles. The highest BCUT2D eigenvalue weighted by atomic mass is 19.2. The zero-order chi connectivity index (χ0) is 22.7. The molecule has 3 rings (SSSR count). The van der Waals surface area contributed by atoms with Crippen LogP contribution in [0.5, 0.6) is 5.75 Å². The van der Waals surface area contributed by atoms with Crippen LogP contribution in [-0.2, 0) is 9.53 Å². The standard InChI is InChI=1S/C12H14N2O4.C7H6F2O.C2H6/c1-7-2-3-10(18-7)11(15)14-8-4-5-13-9(6-8)12(16)17;1-10-6-4-2-3-5(8)7(6)9;1-2/h4-7,10H,2-3H2,1H3,(H,16,17)(H,13,14,15);2-4H,1H3;1-2H3. The number of nitrogens with one attached hydrogen (secondary N) is 1. The number of aromatic nitrogens is 1. The smallest absolute Gasteiger partial charge is 0.354 e. The number of aromatic carboxylic acids is 1. The van der Waals surface area contributed by atoms with E-state index in [1.165, 1.54) is 31.5 Å². The molecule has 2 heterocycles. The van der Waals surface area contributed by atoms with Crippen molar-refractivity contribution in [3.8, 4) is 5.75 Å². The fraction of sp³-hybridized carbons (Fsp3) is 0.381. The van der Waals surface area contributed by atoms with Crippen molar-refractivity contribution in [2.24, 2.45) is 0 Å². The number of methoxy groups -OCH3 is 1. The molecule has 164 valence electrons. The minimum atomic E-state index is -1.13. The molecule has 1 aliphatic rings. The first-order valence-electron chi connectivity index (χ1n) is 9.45. The molecule has 9 heteroatoms. The van der Waals surface area contributed by atoms with Gasteiger partial charge >= 0.3 is 5.97 Å². The number of carboxylic acids is 1. The number of anilines is 1. The Hall–Kier alpha value is -3.07. The number of hydrogen-bond donors (Lipinski definition) is 2. The van der Waals surface area contributed by atoms with Crippen LogP contribution in [0.4, 0.5) is 14.5 Å². The highest BCUT2D eigenvalue weighted by Crippen LogP contribution is 2.21. The van der Waals surface area contributed by atoms with Crippen LogP contribution in [-0.4, -0.2) is 41.3 Å². The molecular weight excluding hydrogens is 398 g/mol. The van der Waals surface area contributed by atoms with E-state index in [9.17, 15) is 18.4 Å². The zero-order valence-electron chi connectivity index (χ0n) is 17.3. The van der Waals surface area contributed by atoms with E-state index in [1.807, 2.05) is 20.8 Å². The van der Waals surface area contributed by atoms with Crippen molar-refractivity contribution >= 4 is 17.6 Å². The molecule has 1 amide bonds. The van der Waals surface area contributed by atoms with Crippen LogP contribution in [0.2, 0.25) is 0 Å². The second-order valence-electron chi connectivity index (χ2n) is 5.99. The molecule has 1 aromatic heterocycles. The van der Waals surface area contributed by atoms with E-state index in [4.69, 9.17) is 9.84 Å². The van der Waals surface area contributed by atoms with Crippen LogP contribution in [0.1, 0.15) is 44.1 Å². The van der Waals surface area contributed by atoms with E-state index in [0.717, 1.165) is 12.5 Å². The maximum Gasteiger partial charge on any atom is 0.354 e. The van der Waals surface area contributed by atoms with Gasteiger partial charge in [-0.2, -0.15) is 4.39 Å². The number of halogens is 2. The summed E-state index contributed by atoms with van der Waals surface area (Å²) in [6.07, 6.45) is 2.52. The molecule has 2 N–H and O–H groups in total. The highest BCUT2D eigenvalue weighted by Gasteiger charge is 2.28. The third-order valence-corrected chi connectivity index (χ3v) is 3.91. The molecule has 1 saturated heterocycles. The SMILES string of the molecule is CC.CC1CCC(C(=O)Nc2ccnc(C(=O)O)c2)O1.COc1cccc(F)c1F. The number of ether oxygens (including phenoxy) is 2. The number of carbonyl (C=O) groups is 2. The lowest BCUT2D eigenvalue weighted by Gasteiger charge is -2.11. The molecule has 1 aromatic carbocycles. The van der Waals surface area contributed by atoms with E-state index >= 15 is 0 Å². The number of carbonyl (C=O) groups excluding carboxylic acids is 1. The molecule has 2 unspecified atom stereocenters. The number of pyridine rings is 1. The Labute approximate surface area is 174 Å². The molecule has 2 aromatic rings. The van der Waals surface area contributed by atoms with E-state index in [0.29, 0.717) is 12.1 Å². The average Bonchev–Trinajstić information content (AvgIpc) is 3.19. The third-order valence-electron chi connectivity index (χ3n) is 3.91. The number of rotatable bonds is 4. The normalized spacial score (nSPS) is 17.0. The summed E-state index contributed by atoms with van der Waals surface area (Å²) in [6.45, 7) is 5.92. The summed E-state index contributed by atoms with van der Waals surface area (Å²) in [5.41, 5.74) is 0.309. The van der Waals surface area contributed by atoms with E-state index in [1.54, 1.807) is 6.07 Å². The molecule has 0 saturated carbocycles. The quantitative estimate of drug-likeness (QED) is 0.760. The Morgan fingerprint density at radius 3 is 2.47 bits per heavy atom. The second-order valence-corrected chi connectivity index (χ2v) is 5.99. The molecule has 7 nitrogen and oxygen atoms in total. The summed E-state index contributed by atoms with van der Waals surface area (Å²) >= 11 is 0. The number of hydrogen-bond acceptors (Lipinski definition) is 5. The zero-order valence-corrected chi connectivity index (χ0v) is 17.3. The van der Waals surface area contributed by atoms with Gasteiger partial charge in [-0.1, -0.05) is 19.9 Å². The van der Waals surface area contributed by atoms with Gasteiger partial charge in [0.2, 0.25) is 5.82 Å². The van der Waals surface area contributed by atoms with E-state index in [-0.39, 0.29) is 23.5 Å². The lowest BCUT2D eigenvalue weighted by molar-refractivity contribution is -0.126. The van der Waals surface area contributed by atoms with Crippen molar-refractivity contribution in [2.45, 2.75) is 45.8 Å². The fourth-order valence-corrected chi connectivity index (χ4v) is 2.49. The molecule has 1 fully saturated rings. The van der Waals surface area contributed by atoms with Crippen LogP contribution < -0.4 is 10.1 Å². The predicted octanol–water partition coefficient (Wildman–Crippen LogP) is 4.29. The minimum absolute atomic E-state index is 0.0694. The highest BCUT2D eigenvalue weighted by molar-refractivity contribution is 5.95. The van der Waals surface area contributed by atoms with Crippen molar-refractivity contribution in [3.05, 3.63) is 53.9 Å². The van der Waals surface area contributed by atoms with Gasteiger partial charge < -0.3 is 19.9 Å². The Bertz CT molecular complexity index is 848. The Balaban J connectivity index is 0.000000318. The lowest BCUT2D eigenvalue weighted by atomic mass is 10.2. The number of carboxylic acid groups (broad SMARTS) is 1. The minimum Gasteiger partial charge on any atom is -0.494 e. The van der Waals surface area contributed by atoms with Crippen LogP contribution in [0, 0.1) is 11.6 Å². The summed E-state index contributed by atoms with van der Waals surface area (Å²) in [5.74, 6) is -3.27. The van der Waals surface area contributed by atoms with Gasteiger partial charge in [-0.3, -0.25) is 4.79 Å². The molecular formula is C21H26F2N2O5. The van der Waals surface area contributed by atoms with Gasteiger partial charge in [0.15, 0.2) is 11.6 Å². The molecule has 30 heavy (non-hydrogen) atoms. The Morgan fingerprint density at radius 1 is 1.23 bits per heavy atom. The molecule has 0 spiro atoms. The maximum atomic E-state index is 12.5. The van der Waals surface area contributed by atoms with Crippen LogP contribution in [0.25, 0.3) is 0 Å². The number of amides is 1. The van der Waals surface area contributed by atoms with Gasteiger partial charge in [0.25, 0.3) is 5.91 Å². The van der Waals surface area contributed by atoms with Gasteiger partial charge in [-0.15, -0.1) is 0 Å². The Kier molecular flexibility index (Phi) is 10.4. The summed E-state index contributed by atoms with van der Waals surface area (Å²) in [4.78, 5) is 26.2. The van der Waals surface area contributed by atoms with Crippen molar-refractivity contribution in [1.82, 2.24) is 4.98 Å². The predicted molar refractivity (Wildman–Crippen MR) is 108 cm³/mol. The second kappa shape index (κ2) is 12.5. The van der Waals surface area contributed by atoms with Gasteiger partial charge in [-0.05, 0) is 44.0 Å². The molecule has 0 bridgehead atoms. The van der Waals surface area contributed by atoms with Crippen molar-refractivity contribution in [1.29, 1.82) is 0 Å². The van der Waals surface area contributed by atoms with Gasteiger partial charge in [0.05, 0.1) is 13.2 Å². The van der Waals surface area contributed by atoms with Crippen molar-refractivity contribution in [3.63, 3.8) is 0 Å². The van der Waals surface area contributed by atoms with Crippen LogP contribution >= 0.6 is 0 Å². The summed E-state index contributed by atoms with van der Waals surface area (Å²) in [6, 6.07) is 6.65. The van der Waals surface area contributed by atoms with Gasteiger partial charge in [-0.25, -0.2) is 14.2 Å². The molecule has 0 aliphatic carbocycles. The number of benzene rings is 1. The monoisotopic (exact) mass is 424 g/mol. The topological polar surface area (TPSA) is 97.8 Å².